The highest BCUT2D eigenvalue weighted by molar-refractivity contribution is 14.1. The smallest absolute Gasteiger partial charge is 0.352 e. The van der Waals surface area contributed by atoms with Crippen LogP contribution in [0.5, 0.6) is 11.5 Å². The van der Waals surface area contributed by atoms with Gasteiger partial charge >= 0.3 is 5.97 Å². The number of halogens is 1. The molecule has 0 spiro atoms. The van der Waals surface area contributed by atoms with Crippen molar-refractivity contribution in [3.05, 3.63) is 62.4 Å². The minimum atomic E-state index is -1.22. The normalized spacial score (nSPS) is 11.1. The molecule has 2 rings (SSSR count). The Morgan fingerprint density at radius 3 is 2.43 bits per heavy atom. The summed E-state index contributed by atoms with van der Waals surface area (Å²) in [6.07, 6.45) is 1.39. The molecule has 1 amide bonds. The van der Waals surface area contributed by atoms with Crippen molar-refractivity contribution >= 4 is 40.5 Å². The Balaban J connectivity index is 2.33. The van der Waals surface area contributed by atoms with Crippen molar-refractivity contribution in [3.8, 4) is 11.5 Å². The van der Waals surface area contributed by atoms with Crippen LogP contribution >= 0.6 is 22.6 Å². The van der Waals surface area contributed by atoms with Crippen molar-refractivity contribution < 1.29 is 24.2 Å². The summed E-state index contributed by atoms with van der Waals surface area (Å²) in [6, 6.07) is 11.5. The van der Waals surface area contributed by atoms with Gasteiger partial charge in [-0.2, -0.15) is 0 Å². The van der Waals surface area contributed by atoms with Crippen molar-refractivity contribution in [2.24, 2.45) is 0 Å². The minimum absolute atomic E-state index is 0.209. The van der Waals surface area contributed by atoms with Gasteiger partial charge < -0.3 is 19.9 Å². The predicted molar refractivity (Wildman–Crippen MR) is 115 cm³/mol. The van der Waals surface area contributed by atoms with Gasteiger partial charge in [-0.25, -0.2) is 4.79 Å². The molecule has 0 aliphatic rings. The highest BCUT2D eigenvalue weighted by atomic mass is 127. The number of rotatable bonds is 8. The molecular formula is C21H22INO5. The fourth-order valence-electron chi connectivity index (χ4n) is 2.42. The van der Waals surface area contributed by atoms with Crippen LogP contribution in [0.25, 0.3) is 6.08 Å². The van der Waals surface area contributed by atoms with Gasteiger partial charge in [-0.1, -0.05) is 29.8 Å². The number of carboxylic acids is 1. The van der Waals surface area contributed by atoms with Crippen molar-refractivity contribution in [2.45, 2.75) is 27.4 Å². The Bertz CT molecular complexity index is 890. The van der Waals surface area contributed by atoms with E-state index in [1.165, 1.54) is 18.6 Å². The Labute approximate surface area is 177 Å². The van der Waals surface area contributed by atoms with E-state index >= 15 is 0 Å². The lowest BCUT2D eigenvalue weighted by molar-refractivity contribution is -0.134. The second-order valence-electron chi connectivity index (χ2n) is 6.08. The molecule has 0 radical (unpaired) electrons. The molecule has 0 aliphatic heterocycles. The molecule has 2 aromatic rings. The summed E-state index contributed by atoms with van der Waals surface area (Å²) >= 11 is 2.12. The maximum Gasteiger partial charge on any atom is 0.352 e. The molecule has 0 heterocycles. The number of amides is 1. The van der Waals surface area contributed by atoms with Crippen LogP contribution in [0.1, 0.15) is 30.5 Å². The number of carboxylic acid groups (broad SMARTS) is 1. The van der Waals surface area contributed by atoms with Crippen molar-refractivity contribution in [1.29, 1.82) is 0 Å². The van der Waals surface area contributed by atoms with Gasteiger partial charge in [-0.05, 0) is 65.8 Å². The zero-order valence-corrected chi connectivity index (χ0v) is 18.1. The number of benzene rings is 2. The van der Waals surface area contributed by atoms with E-state index < -0.39 is 11.9 Å². The van der Waals surface area contributed by atoms with Crippen LogP contribution in [0.2, 0.25) is 0 Å². The molecule has 0 atom stereocenters. The SMILES string of the molecule is CCOc1cc(/C=C(/NC(C)=O)C(=O)O)cc(I)c1OCc1ccc(C)cc1. The lowest BCUT2D eigenvalue weighted by Crippen LogP contribution is -2.24. The fraction of sp³-hybridized carbons (Fsp3) is 0.238. The van der Waals surface area contributed by atoms with Crippen molar-refractivity contribution in [2.75, 3.05) is 6.61 Å². The quantitative estimate of drug-likeness (QED) is 0.425. The number of nitrogens with one attached hydrogen (secondary N) is 1. The van der Waals surface area contributed by atoms with E-state index in [1.807, 2.05) is 38.1 Å². The third kappa shape index (κ3) is 6.26. The van der Waals surface area contributed by atoms with Crippen LogP contribution in [0.3, 0.4) is 0 Å². The monoisotopic (exact) mass is 495 g/mol. The summed E-state index contributed by atoms with van der Waals surface area (Å²) in [5, 5.41) is 11.6. The number of hydrogen-bond acceptors (Lipinski definition) is 4. The highest BCUT2D eigenvalue weighted by Crippen LogP contribution is 2.35. The van der Waals surface area contributed by atoms with E-state index in [9.17, 15) is 14.7 Å². The maximum absolute atomic E-state index is 11.3. The van der Waals surface area contributed by atoms with Gasteiger partial charge in [0.05, 0.1) is 10.2 Å². The van der Waals surface area contributed by atoms with E-state index in [4.69, 9.17) is 9.47 Å². The van der Waals surface area contributed by atoms with Crippen LogP contribution < -0.4 is 14.8 Å². The van der Waals surface area contributed by atoms with Gasteiger partial charge in [0.25, 0.3) is 0 Å². The lowest BCUT2D eigenvalue weighted by Gasteiger charge is -2.15. The van der Waals surface area contributed by atoms with E-state index in [1.54, 1.807) is 12.1 Å². The molecule has 0 fully saturated rings. The standard InChI is InChI=1S/C21H22INO5/c1-4-27-19-11-16(10-18(21(25)26)23-14(3)24)9-17(22)20(19)28-12-15-7-5-13(2)6-8-15/h5-11H,4,12H2,1-3H3,(H,23,24)(H,25,26)/b18-10+. The summed E-state index contributed by atoms with van der Waals surface area (Å²) in [5.41, 5.74) is 2.59. The molecule has 0 saturated carbocycles. The molecule has 7 heteroatoms. The van der Waals surface area contributed by atoms with Gasteiger partial charge in [0.1, 0.15) is 12.3 Å². The summed E-state index contributed by atoms with van der Waals surface area (Å²) < 4.78 is 12.4. The zero-order chi connectivity index (χ0) is 20.7. The van der Waals surface area contributed by atoms with Crippen molar-refractivity contribution in [1.82, 2.24) is 5.32 Å². The molecule has 148 valence electrons. The summed E-state index contributed by atoms with van der Waals surface area (Å²) in [7, 11) is 0. The number of aryl methyl sites for hydroxylation is 1. The molecule has 28 heavy (non-hydrogen) atoms. The molecule has 2 aromatic carbocycles. The first-order valence-electron chi connectivity index (χ1n) is 8.67. The Hall–Kier alpha value is -2.55. The highest BCUT2D eigenvalue weighted by Gasteiger charge is 2.14. The van der Waals surface area contributed by atoms with Gasteiger partial charge in [-0.15, -0.1) is 0 Å². The van der Waals surface area contributed by atoms with Crippen LogP contribution in [-0.2, 0) is 16.2 Å². The number of carbonyl (C=O) groups excluding carboxylic acids is 1. The fourth-order valence-corrected chi connectivity index (χ4v) is 3.20. The molecule has 0 bridgehead atoms. The van der Waals surface area contributed by atoms with E-state index in [0.717, 1.165) is 9.13 Å². The topological polar surface area (TPSA) is 84.9 Å². The molecule has 0 aliphatic carbocycles. The van der Waals surface area contributed by atoms with Gasteiger partial charge in [0, 0.05) is 6.92 Å². The van der Waals surface area contributed by atoms with E-state index in [-0.39, 0.29) is 5.70 Å². The lowest BCUT2D eigenvalue weighted by atomic mass is 10.1. The summed E-state index contributed by atoms with van der Waals surface area (Å²) in [6.45, 7) is 5.96. The van der Waals surface area contributed by atoms with Crippen molar-refractivity contribution in [3.63, 3.8) is 0 Å². The van der Waals surface area contributed by atoms with Gasteiger partial charge in [0.2, 0.25) is 5.91 Å². The largest absolute Gasteiger partial charge is 0.490 e. The maximum atomic E-state index is 11.3. The molecule has 2 N–H and O–H groups in total. The first kappa shape index (κ1) is 21.7. The van der Waals surface area contributed by atoms with Gasteiger partial charge in [0.15, 0.2) is 11.5 Å². The van der Waals surface area contributed by atoms with Crippen LogP contribution in [-0.4, -0.2) is 23.6 Å². The van der Waals surface area contributed by atoms with Crippen LogP contribution in [0, 0.1) is 10.5 Å². The van der Waals surface area contributed by atoms with Gasteiger partial charge in [-0.3, -0.25) is 4.79 Å². The first-order chi connectivity index (χ1) is 13.3. The molecule has 0 saturated heterocycles. The Morgan fingerprint density at radius 1 is 1.18 bits per heavy atom. The predicted octanol–water partition coefficient (Wildman–Crippen LogP) is 4.14. The summed E-state index contributed by atoms with van der Waals surface area (Å²) in [4.78, 5) is 22.6. The van der Waals surface area contributed by atoms with E-state index in [0.29, 0.717) is 30.3 Å². The molecule has 0 unspecified atom stereocenters. The second-order valence-corrected chi connectivity index (χ2v) is 7.24. The van der Waals surface area contributed by atoms with Crippen LogP contribution in [0.15, 0.2) is 42.1 Å². The molecule has 6 nitrogen and oxygen atoms in total. The number of hydrogen-bond donors (Lipinski definition) is 2. The average Bonchev–Trinajstić information content (AvgIpc) is 2.62. The Morgan fingerprint density at radius 2 is 1.86 bits per heavy atom. The molecular weight excluding hydrogens is 473 g/mol. The van der Waals surface area contributed by atoms with Crippen LogP contribution in [0.4, 0.5) is 0 Å². The second kappa shape index (κ2) is 10.1. The number of ether oxygens (including phenoxy) is 2. The van der Waals surface area contributed by atoms with E-state index in [2.05, 4.69) is 27.9 Å². The third-order valence-corrected chi connectivity index (χ3v) is 4.49. The minimum Gasteiger partial charge on any atom is -0.490 e. The average molecular weight is 495 g/mol. The number of aliphatic carboxylic acids is 1. The zero-order valence-electron chi connectivity index (χ0n) is 15.9. The number of carbonyl (C=O) groups is 2. The third-order valence-electron chi connectivity index (χ3n) is 3.69. The molecule has 0 aromatic heterocycles. The summed E-state index contributed by atoms with van der Waals surface area (Å²) in [5.74, 6) is -0.564. The first-order valence-corrected chi connectivity index (χ1v) is 9.75. The Kier molecular flexibility index (Phi) is 7.86.